The second-order valence-corrected chi connectivity index (χ2v) is 9.05. The fourth-order valence-electron chi connectivity index (χ4n) is 4.41. The van der Waals surface area contributed by atoms with E-state index in [9.17, 15) is 4.79 Å². The quantitative estimate of drug-likeness (QED) is 0.531. The minimum atomic E-state index is -0.0748. The van der Waals surface area contributed by atoms with Gasteiger partial charge in [-0.15, -0.1) is 0 Å². The number of fused-ring (bicyclic) bond motifs is 1. The summed E-state index contributed by atoms with van der Waals surface area (Å²) in [6.45, 7) is 9.45. The zero-order valence-corrected chi connectivity index (χ0v) is 19.5. The lowest BCUT2D eigenvalue weighted by Crippen LogP contribution is -2.36. The number of carbonyl (C=O) groups is 1. The van der Waals surface area contributed by atoms with Crippen LogP contribution < -0.4 is 10.6 Å². The number of nitrogens with zero attached hydrogens (tertiary/aromatic N) is 3. The van der Waals surface area contributed by atoms with Crippen LogP contribution in [0.2, 0.25) is 5.02 Å². The second kappa shape index (κ2) is 11.8. The van der Waals surface area contributed by atoms with Crippen molar-refractivity contribution in [3.63, 3.8) is 0 Å². The Bertz CT molecular complexity index is 897. The van der Waals surface area contributed by atoms with E-state index >= 15 is 0 Å². The van der Waals surface area contributed by atoms with E-state index in [0.29, 0.717) is 17.1 Å². The lowest BCUT2D eigenvalue weighted by molar-refractivity contribution is 0.0373. The Morgan fingerprint density at radius 3 is 2.59 bits per heavy atom. The number of anilines is 1. The molecule has 2 N–H and O–H groups in total. The number of halogens is 1. The lowest BCUT2D eigenvalue weighted by Gasteiger charge is -2.26. The molecule has 2 aliphatic rings. The van der Waals surface area contributed by atoms with E-state index in [1.54, 1.807) is 0 Å². The first-order chi connectivity index (χ1) is 15.7. The third kappa shape index (κ3) is 6.54. The van der Waals surface area contributed by atoms with Crippen LogP contribution >= 0.6 is 11.6 Å². The summed E-state index contributed by atoms with van der Waals surface area (Å²) in [6, 6.07) is 7.37. The van der Waals surface area contributed by atoms with E-state index in [4.69, 9.17) is 21.3 Å². The van der Waals surface area contributed by atoms with Gasteiger partial charge in [0.25, 0.3) is 5.91 Å². The van der Waals surface area contributed by atoms with Gasteiger partial charge in [-0.2, -0.15) is 0 Å². The van der Waals surface area contributed by atoms with Crippen LogP contribution in [0.3, 0.4) is 0 Å². The summed E-state index contributed by atoms with van der Waals surface area (Å²) in [6.07, 6.45) is 4.68. The average Bonchev–Trinajstić information content (AvgIpc) is 3.33. The highest BCUT2D eigenvalue weighted by molar-refractivity contribution is 6.31. The number of aromatic nitrogens is 1. The molecule has 0 radical (unpaired) electrons. The van der Waals surface area contributed by atoms with Gasteiger partial charge in [-0.3, -0.25) is 9.69 Å². The Balaban J connectivity index is 1.34. The predicted octanol–water partition coefficient (Wildman–Crippen LogP) is 3.24. The third-order valence-electron chi connectivity index (χ3n) is 6.24. The maximum absolute atomic E-state index is 13.0. The van der Waals surface area contributed by atoms with Gasteiger partial charge in [0.1, 0.15) is 5.82 Å². The number of benzene rings is 1. The number of morpholine rings is 1. The molecule has 1 amide bonds. The minimum absolute atomic E-state index is 0.0748. The number of likely N-dealkylation sites (tertiary alicyclic amines) is 1. The summed E-state index contributed by atoms with van der Waals surface area (Å²) < 4.78 is 5.40. The normalized spacial score (nSPS) is 17.7. The second-order valence-electron chi connectivity index (χ2n) is 8.61. The van der Waals surface area contributed by atoms with Crippen molar-refractivity contribution in [3.8, 4) is 0 Å². The number of pyridine rings is 1. The maximum atomic E-state index is 13.0. The van der Waals surface area contributed by atoms with E-state index in [1.165, 1.54) is 12.8 Å². The van der Waals surface area contributed by atoms with Crippen molar-refractivity contribution in [3.05, 3.63) is 34.9 Å². The van der Waals surface area contributed by atoms with E-state index in [2.05, 4.69) is 20.4 Å². The summed E-state index contributed by atoms with van der Waals surface area (Å²) >= 11 is 6.21. The van der Waals surface area contributed by atoms with Gasteiger partial charge < -0.3 is 20.3 Å². The number of ether oxygens (including phenoxy) is 1. The summed E-state index contributed by atoms with van der Waals surface area (Å²) in [5, 5.41) is 7.88. The largest absolute Gasteiger partial charge is 0.379 e. The van der Waals surface area contributed by atoms with Crippen LogP contribution in [0.4, 0.5) is 5.82 Å². The van der Waals surface area contributed by atoms with Crippen molar-refractivity contribution in [1.82, 2.24) is 20.1 Å². The monoisotopic (exact) mass is 459 g/mol. The fourth-order valence-corrected chi connectivity index (χ4v) is 4.58. The molecule has 0 aliphatic carbocycles. The molecule has 0 spiro atoms. The third-order valence-corrected chi connectivity index (χ3v) is 6.47. The molecule has 1 aromatic carbocycles. The van der Waals surface area contributed by atoms with Crippen molar-refractivity contribution in [1.29, 1.82) is 0 Å². The molecule has 0 saturated carbocycles. The highest BCUT2D eigenvalue weighted by Crippen LogP contribution is 2.24. The number of hydrogen-bond acceptors (Lipinski definition) is 6. The maximum Gasteiger partial charge on any atom is 0.252 e. The van der Waals surface area contributed by atoms with Crippen LogP contribution in [0.15, 0.2) is 24.3 Å². The molecule has 0 bridgehead atoms. The van der Waals surface area contributed by atoms with Crippen LogP contribution in [0.1, 0.15) is 36.0 Å². The van der Waals surface area contributed by atoms with Crippen LogP contribution in [-0.2, 0) is 4.74 Å². The summed E-state index contributed by atoms with van der Waals surface area (Å²) in [7, 11) is 0. The van der Waals surface area contributed by atoms with E-state index in [0.717, 1.165) is 88.6 Å². The molecule has 32 heavy (non-hydrogen) atoms. The number of nitrogens with one attached hydrogen (secondary N) is 2. The van der Waals surface area contributed by atoms with Crippen molar-refractivity contribution < 1.29 is 9.53 Å². The zero-order valence-electron chi connectivity index (χ0n) is 18.7. The van der Waals surface area contributed by atoms with E-state index in [1.807, 2.05) is 24.3 Å². The molecule has 0 atom stereocenters. The molecule has 174 valence electrons. The Labute approximate surface area is 195 Å². The summed E-state index contributed by atoms with van der Waals surface area (Å²) in [4.78, 5) is 22.6. The van der Waals surface area contributed by atoms with Crippen molar-refractivity contribution in [2.75, 3.05) is 70.9 Å². The molecule has 2 aliphatic heterocycles. The van der Waals surface area contributed by atoms with Gasteiger partial charge >= 0.3 is 0 Å². The van der Waals surface area contributed by atoms with Crippen molar-refractivity contribution >= 4 is 34.2 Å². The van der Waals surface area contributed by atoms with Gasteiger partial charge in [0.15, 0.2) is 0 Å². The van der Waals surface area contributed by atoms with Gasteiger partial charge in [0, 0.05) is 43.1 Å². The van der Waals surface area contributed by atoms with Crippen molar-refractivity contribution in [2.24, 2.45) is 0 Å². The van der Waals surface area contributed by atoms with Gasteiger partial charge in [-0.1, -0.05) is 11.6 Å². The molecule has 2 aromatic rings. The molecule has 1 aromatic heterocycles. The van der Waals surface area contributed by atoms with Crippen LogP contribution in [0.25, 0.3) is 10.9 Å². The summed E-state index contributed by atoms with van der Waals surface area (Å²) in [5.41, 5.74) is 1.40. The number of hydrogen-bond donors (Lipinski definition) is 2. The molecule has 3 heterocycles. The minimum Gasteiger partial charge on any atom is -0.379 e. The van der Waals surface area contributed by atoms with E-state index in [-0.39, 0.29) is 5.91 Å². The molecule has 8 heteroatoms. The highest BCUT2D eigenvalue weighted by Gasteiger charge is 2.15. The van der Waals surface area contributed by atoms with Crippen LogP contribution in [-0.4, -0.2) is 86.3 Å². The first kappa shape index (κ1) is 23.2. The topological polar surface area (TPSA) is 69.7 Å². The van der Waals surface area contributed by atoms with Gasteiger partial charge in [-0.05, 0) is 69.6 Å². The smallest absolute Gasteiger partial charge is 0.252 e. The van der Waals surface area contributed by atoms with Gasteiger partial charge in [-0.25, -0.2) is 4.98 Å². The molecule has 2 fully saturated rings. The zero-order chi connectivity index (χ0) is 22.2. The number of rotatable bonds is 10. The molecule has 7 nitrogen and oxygen atoms in total. The average molecular weight is 460 g/mol. The Morgan fingerprint density at radius 1 is 1.00 bits per heavy atom. The SMILES string of the molecule is O=C(NCCN1CCCC1)c1cc(NCCCCN2CCOCC2)nc2ccc(Cl)cc12. The molecule has 2 saturated heterocycles. The van der Waals surface area contributed by atoms with Crippen LogP contribution in [0.5, 0.6) is 0 Å². The van der Waals surface area contributed by atoms with E-state index < -0.39 is 0 Å². The van der Waals surface area contributed by atoms with Gasteiger partial charge in [0.05, 0.1) is 24.3 Å². The van der Waals surface area contributed by atoms with Crippen LogP contribution in [0, 0.1) is 0 Å². The predicted molar refractivity (Wildman–Crippen MR) is 130 cm³/mol. The van der Waals surface area contributed by atoms with Gasteiger partial charge in [0.2, 0.25) is 0 Å². The molecular weight excluding hydrogens is 426 g/mol. The number of unbranched alkanes of at least 4 members (excludes halogenated alkanes) is 1. The number of carbonyl (C=O) groups excluding carboxylic acids is 1. The highest BCUT2D eigenvalue weighted by atomic mass is 35.5. The Morgan fingerprint density at radius 2 is 1.78 bits per heavy atom. The van der Waals surface area contributed by atoms with Crippen molar-refractivity contribution in [2.45, 2.75) is 25.7 Å². The Hall–Kier alpha value is -1.93. The molecule has 0 unspecified atom stereocenters. The fraction of sp³-hybridized carbons (Fsp3) is 0.583. The molecule has 4 rings (SSSR count). The first-order valence-corrected chi connectivity index (χ1v) is 12.2. The lowest BCUT2D eigenvalue weighted by atomic mass is 10.1. The standard InChI is InChI=1S/C24H34ClN5O2/c25-19-5-6-22-20(17-19)21(24(31)27-8-12-29-10-3-4-11-29)18-23(28-22)26-7-1-2-9-30-13-15-32-16-14-30/h5-6,17-18H,1-4,7-16H2,(H,26,28)(H,27,31). The Kier molecular flexibility index (Phi) is 8.56. The molecular formula is C24H34ClN5O2. The number of amides is 1. The summed E-state index contributed by atoms with van der Waals surface area (Å²) in [5.74, 6) is 0.658. The first-order valence-electron chi connectivity index (χ1n) is 11.8.